The van der Waals surface area contributed by atoms with E-state index in [0.29, 0.717) is 39.2 Å². The molecule has 2 aromatic rings. The number of ether oxygens (including phenoxy) is 2. The lowest BCUT2D eigenvalue weighted by Gasteiger charge is -2.37. The van der Waals surface area contributed by atoms with Crippen LogP contribution >= 0.6 is 0 Å². The molecule has 0 spiro atoms. The first-order valence-electron chi connectivity index (χ1n) is 10.3. The molecule has 1 aliphatic heterocycles. The largest absolute Gasteiger partial charge is 0.497 e. The van der Waals surface area contributed by atoms with Crippen molar-refractivity contribution in [2.24, 2.45) is 0 Å². The molecule has 1 unspecified atom stereocenters. The van der Waals surface area contributed by atoms with Gasteiger partial charge in [0.2, 0.25) is 5.91 Å². The standard InChI is InChI=1S/C24H29N3O3/c1-18-4-7-22(16-19(18)2)30-15-10-24(28)27-13-11-26(12-14-27)23(17-25)20-5-8-21(29-3)9-6-20/h4-9,16,23H,10-15H2,1-3H3. The lowest BCUT2D eigenvalue weighted by atomic mass is 10.1. The zero-order chi connectivity index (χ0) is 21.5. The number of carbonyl (C=O) groups is 1. The molecule has 0 aliphatic carbocycles. The zero-order valence-electron chi connectivity index (χ0n) is 17.9. The lowest BCUT2D eigenvalue weighted by Crippen LogP contribution is -2.49. The van der Waals surface area contributed by atoms with Gasteiger partial charge in [0, 0.05) is 26.2 Å². The average Bonchev–Trinajstić information content (AvgIpc) is 2.77. The molecular formula is C24H29N3O3. The zero-order valence-corrected chi connectivity index (χ0v) is 17.9. The number of piperazine rings is 1. The number of aryl methyl sites for hydroxylation is 2. The highest BCUT2D eigenvalue weighted by atomic mass is 16.5. The highest BCUT2D eigenvalue weighted by Gasteiger charge is 2.27. The van der Waals surface area contributed by atoms with Gasteiger partial charge in [-0.25, -0.2) is 0 Å². The van der Waals surface area contributed by atoms with Crippen molar-refractivity contribution >= 4 is 5.91 Å². The van der Waals surface area contributed by atoms with E-state index >= 15 is 0 Å². The minimum atomic E-state index is -0.318. The highest BCUT2D eigenvalue weighted by Crippen LogP contribution is 2.24. The summed E-state index contributed by atoms with van der Waals surface area (Å²) in [4.78, 5) is 16.5. The first-order chi connectivity index (χ1) is 14.5. The Hall–Kier alpha value is -3.04. The summed E-state index contributed by atoms with van der Waals surface area (Å²) >= 11 is 0. The van der Waals surface area contributed by atoms with Gasteiger partial charge in [-0.2, -0.15) is 5.26 Å². The molecule has 0 radical (unpaired) electrons. The van der Waals surface area contributed by atoms with Crippen molar-refractivity contribution in [1.82, 2.24) is 9.80 Å². The van der Waals surface area contributed by atoms with Crippen molar-refractivity contribution in [3.8, 4) is 17.6 Å². The maximum Gasteiger partial charge on any atom is 0.226 e. The Balaban J connectivity index is 1.47. The van der Waals surface area contributed by atoms with Crippen molar-refractivity contribution in [1.29, 1.82) is 5.26 Å². The van der Waals surface area contributed by atoms with Crippen LogP contribution in [0.5, 0.6) is 11.5 Å². The number of carbonyl (C=O) groups excluding carboxylic acids is 1. The second-order valence-corrected chi connectivity index (χ2v) is 7.57. The summed E-state index contributed by atoms with van der Waals surface area (Å²) < 4.78 is 10.9. The van der Waals surface area contributed by atoms with E-state index in [9.17, 15) is 10.1 Å². The number of rotatable bonds is 7. The fourth-order valence-corrected chi connectivity index (χ4v) is 3.60. The van der Waals surface area contributed by atoms with Crippen LogP contribution < -0.4 is 9.47 Å². The summed E-state index contributed by atoms with van der Waals surface area (Å²) in [7, 11) is 1.62. The van der Waals surface area contributed by atoms with Gasteiger partial charge in [-0.05, 0) is 54.8 Å². The SMILES string of the molecule is COc1ccc(C(C#N)N2CCN(C(=O)CCOc3ccc(C)c(C)c3)CC2)cc1. The van der Waals surface area contributed by atoms with E-state index in [1.807, 2.05) is 54.3 Å². The quantitative estimate of drug-likeness (QED) is 0.703. The molecule has 0 saturated carbocycles. The highest BCUT2D eigenvalue weighted by molar-refractivity contribution is 5.76. The van der Waals surface area contributed by atoms with E-state index in [4.69, 9.17) is 9.47 Å². The van der Waals surface area contributed by atoms with E-state index in [1.165, 1.54) is 11.1 Å². The normalized spacial score (nSPS) is 15.3. The van der Waals surface area contributed by atoms with Crippen LogP contribution in [0.3, 0.4) is 0 Å². The summed E-state index contributed by atoms with van der Waals surface area (Å²) in [5.41, 5.74) is 3.35. The topological polar surface area (TPSA) is 65.8 Å². The summed E-state index contributed by atoms with van der Waals surface area (Å²) in [6.45, 7) is 7.07. The Morgan fingerprint density at radius 1 is 1.03 bits per heavy atom. The molecular weight excluding hydrogens is 378 g/mol. The van der Waals surface area contributed by atoms with Crippen LogP contribution in [0.1, 0.15) is 29.2 Å². The number of hydrogen-bond donors (Lipinski definition) is 0. The van der Waals surface area contributed by atoms with E-state index in [-0.39, 0.29) is 11.9 Å². The van der Waals surface area contributed by atoms with Crippen molar-refractivity contribution in [2.75, 3.05) is 39.9 Å². The van der Waals surface area contributed by atoms with Crippen LogP contribution in [-0.2, 0) is 4.79 Å². The molecule has 30 heavy (non-hydrogen) atoms. The van der Waals surface area contributed by atoms with Crippen LogP contribution in [0.4, 0.5) is 0 Å². The second-order valence-electron chi connectivity index (χ2n) is 7.57. The van der Waals surface area contributed by atoms with Gasteiger partial charge in [-0.3, -0.25) is 9.69 Å². The summed E-state index contributed by atoms with van der Waals surface area (Å²) in [6, 6.07) is 15.6. The molecule has 158 valence electrons. The molecule has 6 nitrogen and oxygen atoms in total. The van der Waals surface area contributed by atoms with Crippen LogP contribution in [0, 0.1) is 25.2 Å². The van der Waals surface area contributed by atoms with Crippen LogP contribution in [0.15, 0.2) is 42.5 Å². The summed E-state index contributed by atoms with van der Waals surface area (Å²) in [5, 5.41) is 9.67. The minimum absolute atomic E-state index is 0.0939. The Kier molecular flexibility index (Phi) is 7.31. The van der Waals surface area contributed by atoms with Gasteiger partial charge in [0.05, 0.1) is 26.2 Å². The molecule has 0 bridgehead atoms. The molecule has 1 amide bonds. The van der Waals surface area contributed by atoms with Gasteiger partial charge in [0.25, 0.3) is 0 Å². The van der Waals surface area contributed by atoms with Gasteiger partial charge >= 0.3 is 0 Å². The maximum atomic E-state index is 12.5. The third kappa shape index (κ3) is 5.31. The number of benzene rings is 2. The number of amides is 1. The van der Waals surface area contributed by atoms with Crippen molar-refractivity contribution in [3.05, 3.63) is 59.2 Å². The predicted molar refractivity (Wildman–Crippen MR) is 116 cm³/mol. The van der Waals surface area contributed by atoms with E-state index < -0.39 is 0 Å². The molecule has 3 rings (SSSR count). The minimum Gasteiger partial charge on any atom is -0.497 e. The smallest absolute Gasteiger partial charge is 0.226 e. The van der Waals surface area contributed by atoms with E-state index in [2.05, 4.69) is 17.9 Å². The fourth-order valence-electron chi connectivity index (χ4n) is 3.60. The van der Waals surface area contributed by atoms with Crippen molar-refractivity contribution < 1.29 is 14.3 Å². The summed E-state index contributed by atoms with van der Waals surface area (Å²) in [6.07, 6.45) is 0.354. The molecule has 1 atom stereocenters. The Bertz CT molecular complexity index is 897. The summed E-state index contributed by atoms with van der Waals surface area (Å²) in [5.74, 6) is 1.66. The van der Waals surface area contributed by atoms with Crippen molar-refractivity contribution in [2.45, 2.75) is 26.3 Å². The lowest BCUT2D eigenvalue weighted by molar-refractivity contribution is -0.133. The Morgan fingerprint density at radius 2 is 1.70 bits per heavy atom. The average molecular weight is 408 g/mol. The molecule has 0 N–H and O–H groups in total. The fraction of sp³-hybridized carbons (Fsp3) is 0.417. The molecule has 1 fully saturated rings. The van der Waals surface area contributed by atoms with E-state index in [1.54, 1.807) is 7.11 Å². The number of nitriles is 1. The first-order valence-corrected chi connectivity index (χ1v) is 10.3. The molecule has 1 saturated heterocycles. The Morgan fingerprint density at radius 3 is 2.30 bits per heavy atom. The van der Waals surface area contributed by atoms with Gasteiger partial charge in [0.1, 0.15) is 17.5 Å². The van der Waals surface area contributed by atoms with Gasteiger partial charge in [-0.15, -0.1) is 0 Å². The van der Waals surface area contributed by atoms with Crippen LogP contribution in [0.2, 0.25) is 0 Å². The molecule has 1 aliphatic rings. The third-order valence-corrected chi connectivity index (χ3v) is 5.65. The van der Waals surface area contributed by atoms with Crippen molar-refractivity contribution in [3.63, 3.8) is 0 Å². The maximum absolute atomic E-state index is 12.5. The number of nitrogens with zero attached hydrogens (tertiary/aromatic N) is 3. The molecule has 1 heterocycles. The number of methoxy groups -OCH3 is 1. The van der Waals surface area contributed by atoms with Crippen LogP contribution in [-0.4, -0.2) is 55.6 Å². The van der Waals surface area contributed by atoms with E-state index in [0.717, 1.165) is 17.1 Å². The Labute approximate surface area is 178 Å². The first kappa shape index (κ1) is 21.7. The van der Waals surface area contributed by atoms with Gasteiger partial charge in [-0.1, -0.05) is 18.2 Å². The molecule has 6 heteroatoms. The second kappa shape index (κ2) is 10.1. The molecule has 0 aromatic heterocycles. The third-order valence-electron chi connectivity index (χ3n) is 5.65. The van der Waals surface area contributed by atoms with Gasteiger partial charge in [0.15, 0.2) is 0 Å². The monoisotopic (exact) mass is 407 g/mol. The molecule has 2 aromatic carbocycles. The predicted octanol–water partition coefficient (Wildman–Crippen LogP) is 3.49. The van der Waals surface area contributed by atoms with Gasteiger partial charge < -0.3 is 14.4 Å². The number of hydrogen-bond acceptors (Lipinski definition) is 5. The van der Waals surface area contributed by atoms with Crippen LogP contribution in [0.25, 0.3) is 0 Å².